The Kier molecular flexibility index (Phi) is 3.73. The smallest absolute Gasteiger partial charge is 0.173 e. The summed E-state index contributed by atoms with van der Waals surface area (Å²) in [5, 5.41) is 21.6. The van der Waals surface area contributed by atoms with Crippen LogP contribution in [0.15, 0.2) is 34.9 Å². The van der Waals surface area contributed by atoms with Crippen LogP contribution >= 0.6 is 11.3 Å². The fraction of sp³-hybridized carbons (Fsp3) is 0.182. The van der Waals surface area contributed by atoms with E-state index < -0.39 is 0 Å². The van der Waals surface area contributed by atoms with Crippen molar-refractivity contribution in [2.45, 2.75) is 6.54 Å². The van der Waals surface area contributed by atoms with E-state index in [1.165, 1.54) is 11.1 Å². The minimum atomic E-state index is 0.0259. The number of hydrogen-bond acceptors (Lipinski definition) is 6. The lowest BCUT2D eigenvalue weighted by Crippen LogP contribution is -2.23. The maximum absolute atomic E-state index is 8.75. The van der Waals surface area contributed by atoms with Gasteiger partial charge in [0.2, 0.25) is 0 Å². The molecule has 0 amide bonds. The third-order valence-electron chi connectivity index (χ3n) is 2.42. The van der Waals surface area contributed by atoms with E-state index in [9.17, 15) is 0 Å². The number of amidine groups is 1. The van der Waals surface area contributed by atoms with Crippen LogP contribution in [0.1, 0.15) is 10.4 Å². The lowest BCUT2D eigenvalue weighted by Gasteiger charge is -2.18. The quantitative estimate of drug-likeness (QED) is 0.375. The molecule has 0 aliphatic heterocycles. The Morgan fingerprint density at radius 3 is 3.06 bits per heavy atom. The van der Waals surface area contributed by atoms with Crippen molar-refractivity contribution in [1.82, 2.24) is 10.2 Å². The van der Waals surface area contributed by atoms with Gasteiger partial charge in [-0.3, -0.25) is 0 Å². The molecule has 0 radical (unpaired) electrons. The van der Waals surface area contributed by atoms with Crippen LogP contribution in [0.25, 0.3) is 0 Å². The SMILES string of the molecule is CN(Cc1cccs1)c1nnccc1/C(N)=N/O. The summed E-state index contributed by atoms with van der Waals surface area (Å²) in [6, 6.07) is 5.71. The van der Waals surface area contributed by atoms with Gasteiger partial charge in [0.1, 0.15) is 0 Å². The van der Waals surface area contributed by atoms with E-state index >= 15 is 0 Å². The first-order valence-corrected chi connectivity index (χ1v) is 6.13. The van der Waals surface area contributed by atoms with Crippen molar-refractivity contribution in [3.8, 4) is 0 Å². The monoisotopic (exact) mass is 263 g/mol. The molecule has 6 nitrogen and oxygen atoms in total. The number of oxime groups is 1. The average Bonchev–Trinajstić information content (AvgIpc) is 2.90. The van der Waals surface area contributed by atoms with Crippen LogP contribution < -0.4 is 10.6 Å². The maximum atomic E-state index is 8.75. The summed E-state index contributed by atoms with van der Waals surface area (Å²) in [4.78, 5) is 3.11. The number of rotatable bonds is 4. The Morgan fingerprint density at radius 2 is 2.39 bits per heavy atom. The summed E-state index contributed by atoms with van der Waals surface area (Å²) in [5.74, 6) is 0.610. The highest BCUT2D eigenvalue weighted by Crippen LogP contribution is 2.19. The van der Waals surface area contributed by atoms with Crippen molar-refractivity contribution in [2.75, 3.05) is 11.9 Å². The summed E-state index contributed by atoms with van der Waals surface area (Å²) in [6.45, 7) is 0.696. The van der Waals surface area contributed by atoms with Gasteiger partial charge >= 0.3 is 0 Å². The Morgan fingerprint density at radius 1 is 1.56 bits per heavy atom. The molecule has 0 aliphatic carbocycles. The molecule has 0 bridgehead atoms. The van der Waals surface area contributed by atoms with E-state index in [0.717, 1.165) is 0 Å². The van der Waals surface area contributed by atoms with Crippen LogP contribution in [0.5, 0.6) is 0 Å². The first-order chi connectivity index (χ1) is 8.72. The molecule has 3 N–H and O–H groups in total. The molecule has 0 atom stereocenters. The topological polar surface area (TPSA) is 87.6 Å². The molecular weight excluding hydrogens is 250 g/mol. The van der Waals surface area contributed by atoms with E-state index in [-0.39, 0.29) is 5.84 Å². The Labute approximate surface area is 108 Å². The molecule has 2 aromatic rings. The molecule has 0 unspecified atom stereocenters. The van der Waals surface area contributed by atoms with Crippen LogP contribution in [0, 0.1) is 0 Å². The van der Waals surface area contributed by atoms with Gasteiger partial charge in [-0.15, -0.1) is 16.4 Å². The molecule has 7 heteroatoms. The van der Waals surface area contributed by atoms with Crippen molar-refractivity contribution in [2.24, 2.45) is 10.9 Å². The van der Waals surface area contributed by atoms with Crippen LogP contribution in [-0.4, -0.2) is 28.3 Å². The van der Waals surface area contributed by atoms with Crippen molar-refractivity contribution in [3.63, 3.8) is 0 Å². The Balaban J connectivity index is 2.27. The molecule has 0 spiro atoms. The van der Waals surface area contributed by atoms with Gasteiger partial charge in [0.25, 0.3) is 0 Å². The van der Waals surface area contributed by atoms with Crippen LogP contribution in [0.2, 0.25) is 0 Å². The van der Waals surface area contributed by atoms with Gasteiger partial charge in [-0.25, -0.2) is 0 Å². The number of nitrogens with two attached hydrogens (primary N) is 1. The first-order valence-electron chi connectivity index (χ1n) is 5.25. The number of thiophene rings is 1. The molecule has 0 aromatic carbocycles. The molecule has 0 fully saturated rings. The second-order valence-electron chi connectivity index (χ2n) is 3.69. The minimum Gasteiger partial charge on any atom is -0.409 e. The van der Waals surface area contributed by atoms with Crippen LogP contribution in [0.3, 0.4) is 0 Å². The van der Waals surface area contributed by atoms with E-state index in [1.807, 2.05) is 29.5 Å². The van der Waals surface area contributed by atoms with Gasteiger partial charge in [0.15, 0.2) is 11.7 Å². The van der Waals surface area contributed by atoms with Gasteiger partial charge in [0, 0.05) is 11.9 Å². The zero-order valence-corrected chi connectivity index (χ0v) is 10.6. The zero-order valence-electron chi connectivity index (χ0n) is 9.82. The minimum absolute atomic E-state index is 0.0259. The van der Waals surface area contributed by atoms with Gasteiger partial charge in [-0.1, -0.05) is 11.2 Å². The highest BCUT2D eigenvalue weighted by atomic mass is 32.1. The van der Waals surface area contributed by atoms with Crippen molar-refractivity contribution in [1.29, 1.82) is 0 Å². The largest absolute Gasteiger partial charge is 0.409 e. The second-order valence-corrected chi connectivity index (χ2v) is 4.72. The molecule has 0 saturated heterocycles. The second kappa shape index (κ2) is 5.46. The van der Waals surface area contributed by atoms with E-state index in [2.05, 4.69) is 15.4 Å². The predicted octanol–water partition coefficient (Wildman–Crippen LogP) is 1.27. The van der Waals surface area contributed by atoms with Gasteiger partial charge < -0.3 is 15.8 Å². The standard InChI is InChI=1S/C11H13N5OS/c1-16(7-8-3-2-6-18-8)11-9(10(12)15-17)4-5-13-14-11/h2-6,17H,7H2,1H3,(H2,12,15). The zero-order chi connectivity index (χ0) is 13.0. The molecule has 2 rings (SSSR count). The molecule has 0 aliphatic rings. The molecule has 94 valence electrons. The molecule has 2 aromatic heterocycles. The highest BCUT2D eigenvalue weighted by molar-refractivity contribution is 7.09. The predicted molar refractivity (Wildman–Crippen MR) is 71.0 cm³/mol. The summed E-state index contributed by atoms with van der Waals surface area (Å²) in [5.41, 5.74) is 6.18. The number of aromatic nitrogens is 2. The third kappa shape index (κ3) is 2.57. The molecular formula is C11H13N5OS. The summed E-state index contributed by atoms with van der Waals surface area (Å²) in [7, 11) is 1.89. The first kappa shape index (κ1) is 12.3. The highest BCUT2D eigenvalue weighted by Gasteiger charge is 2.13. The average molecular weight is 263 g/mol. The fourth-order valence-electron chi connectivity index (χ4n) is 1.57. The molecule has 18 heavy (non-hydrogen) atoms. The van der Waals surface area contributed by atoms with Gasteiger partial charge in [-0.05, 0) is 17.5 Å². The summed E-state index contributed by atoms with van der Waals surface area (Å²) < 4.78 is 0. The lowest BCUT2D eigenvalue weighted by molar-refractivity contribution is 0.318. The Hall–Kier alpha value is -2.15. The van der Waals surface area contributed by atoms with Gasteiger partial charge in [-0.2, -0.15) is 5.10 Å². The Bertz CT molecular complexity index is 540. The van der Waals surface area contributed by atoms with E-state index in [1.54, 1.807) is 17.4 Å². The number of hydrogen-bond donors (Lipinski definition) is 2. The van der Waals surface area contributed by atoms with Crippen molar-refractivity contribution in [3.05, 3.63) is 40.2 Å². The molecule has 2 heterocycles. The van der Waals surface area contributed by atoms with Crippen LogP contribution in [0.4, 0.5) is 5.82 Å². The summed E-state index contributed by atoms with van der Waals surface area (Å²) >= 11 is 1.67. The maximum Gasteiger partial charge on any atom is 0.173 e. The van der Waals surface area contributed by atoms with E-state index in [0.29, 0.717) is 17.9 Å². The van der Waals surface area contributed by atoms with Crippen molar-refractivity contribution < 1.29 is 5.21 Å². The van der Waals surface area contributed by atoms with Gasteiger partial charge in [0.05, 0.1) is 18.3 Å². The number of anilines is 1. The summed E-state index contributed by atoms with van der Waals surface area (Å²) in [6.07, 6.45) is 1.51. The number of nitrogens with zero attached hydrogens (tertiary/aromatic N) is 4. The van der Waals surface area contributed by atoms with Crippen LogP contribution in [-0.2, 0) is 6.54 Å². The van der Waals surface area contributed by atoms with Crippen molar-refractivity contribution >= 4 is 23.0 Å². The molecule has 0 saturated carbocycles. The lowest BCUT2D eigenvalue weighted by atomic mass is 10.2. The normalized spacial score (nSPS) is 11.5. The van der Waals surface area contributed by atoms with E-state index in [4.69, 9.17) is 10.9 Å². The third-order valence-corrected chi connectivity index (χ3v) is 3.28. The fourth-order valence-corrected chi connectivity index (χ4v) is 2.33.